The second kappa shape index (κ2) is 9.77. The highest BCUT2D eigenvalue weighted by atomic mass is 35.5. The van der Waals surface area contributed by atoms with Crippen LogP contribution in [0.5, 0.6) is 5.75 Å². The molecule has 3 rings (SSSR count). The molecule has 0 heterocycles. The average Bonchev–Trinajstić information content (AvgIpc) is 2.74. The molecule has 0 fully saturated rings. The molecule has 0 atom stereocenters. The molecule has 0 saturated carbocycles. The van der Waals surface area contributed by atoms with Crippen LogP contribution < -0.4 is 9.61 Å². The molecule has 3 aromatic carbocycles. The number of hydrazone groups is 1. The van der Waals surface area contributed by atoms with Crippen LogP contribution in [-0.4, -0.2) is 25.5 Å². The molecule has 32 heavy (non-hydrogen) atoms. The van der Waals surface area contributed by atoms with Gasteiger partial charge in [-0.1, -0.05) is 35.3 Å². The Morgan fingerprint density at radius 3 is 2.41 bits per heavy atom. The lowest BCUT2D eigenvalue weighted by molar-refractivity contribution is -0.384. The second-order valence-electron chi connectivity index (χ2n) is 6.15. The summed E-state index contributed by atoms with van der Waals surface area (Å²) in [5.74, 6) is -0.659. The van der Waals surface area contributed by atoms with Crippen molar-refractivity contribution in [3.8, 4) is 5.75 Å². The topological polar surface area (TPSA) is 128 Å². The van der Waals surface area contributed by atoms with Crippen LogP contribution in [0.3, 0.4) is 0 Å². The molecule has 0 spiro atoms. The van der Waals surface area contributed by atoms with Crippen LogP contribution in [0.25, 0.3) is 0 Å². The van der Waals surface area contributed by atoms with Crippen LogP contribution in [0.15, 0.2) is 76.7 Å². The maximum absolute atomic E-state index is 12.5. The molecule has 0 aromatic heterocycles. The van der Waals surface area contributed by atoms with E-state index in [1.165, 1.54) is 36.5 Å². The lowest BCUT2D eigenvalue weighted by Crippen LogP contribution is -2.18. The van der Waals surface area contributed by atoms with E-state index in [0.717, 1.165) is 24.3 Å². The van der Waals surface area contributed by atoms with E-state index in [4.69, 9.17) is 27.4 Å². The molecule has 9 nitrogen and oxygen atoms in total. The number of nitrogens with one attached hydrogen (secondary N) is 1. The first-order chi connectivity index (χ1) is 15.2. The first-order valence-electron chi connectivity index (χ1n) is 8.74. The van der Waals surface area contributed by atoms with Crippen LogP contribution in [0, 0.1) is 10.1 Å². The van der Waals surface area contributed by atoms with Crippen LogP contribution in [0.1, 0.15) is 15.9 Å². The van der Waals surface area contributed by atoms with E-state index >= 15 is 0 Å². The van der Waals surface area contributed by atoms with Crippen LogP contribution in [0.2, 0.25) is 10.0 Å². The van der Waals surface area contributed by atoms with Crippen molar-refractivity contribution in [2.45, 2.75) is 4.90 Å². The van der Waals surface area contributed by atoms with Gasteiger partial charge in [0.25, 0.3) is 11.6 Å². The van der Waals surface area contributed by atoms with E-state index in [9.17, 15) is 23.3 Å². The third-order valence-electron chi connectivity index (χ3n) is 4.00. The van der Waals surface area contributed by atoms with Gasteiger partial charge >= 0.3 is 10.1 Å². The van der Waals surface area contributed by atoms with E-state index in [2.05, 4.69) is 10.5 Å². The summed E-state index contributed by atoms with van der Waals surface area (Å²) in [6.07, 6.45) is 1.20. The van der Waals surface area contributed by atoms with Gasteiger partial charge in [0.15, 0.2) is 5.75 Å². The Bertz CT molecular complexity index is 1310. The Balaban J connectivity index is 1.76. The SMILES string of the molecule is O=C(N/N=C\c1ccccc1OS(=O)(=O)c1ccc([N+](=O)[O-])cc1)c1ccc(Cl)cc1Cl. The maximum atomic E-state index is 12.5. The Hall–Kier alpha value is -3.47. The standard InChI is InChI=1S/C20H13Cl2N3O6S/c21-14-5-10-17(18(22)11-14)20(26)24-23-12-13-3-1-2-4-19(13)31-32(29,30)16-8-6-15(7-9-16)25(27)28/h1-12H,(H,24,26)/b23-12-. The summed E-state index contributed by atoms with van der Waals surface area (Å²) in [6.45, 7) is 0. The van der Waals surface area contributed by atoms with Gasteiger partial charge in [0.05, 0.1) is 21.7 Å². The summed E-state index contributed by atoms with van der Waals surface area (Å²) in [4.78, 5) is 22.0. The van der Waals surface area contributed by atoms with Gasteiger partial charge in [-0.05, 0) is 42.5 Å². The van der Waals surface area contributed by atoms with E-state index < -0.39 is 20.9 Å². The van der Waals surface area contributed by atoms with Crippen molar-refractivity contribution >= 4 is 51.1 Å². The van der Waals surface area contributed by atoms with E-state index in [0.29, 0.717) is 5.02 Å². The van der Waals surface area contributed by atoms with Gasteiger partial charge in [-0.25, -0.2) is 5.43 Å². The molecule has 1 amide bonds. The minimum atomic E-state index is -4.27. The molecule has 3 aromatic rings. The Kier molecular flexibility index (Phi) is 7.08. The maximum Gasteiger partial charge on any atom is 0.339 e. The molecule has 12 heteroatoms. The van der Waals surface area contributed by atoms with Crippen molar-refractivity contribution in [3.63, 3.8) is 0 Å². The molecule has 0 aliphatic carbocycles. The number of hydrogen-bond donors (Lipinski definition) is 1. The number of nitro benzene ring substituents is 1. The lowest BCUT2D eigenvalue weighted by Gasteiger charge is -2.09. The number of rotatable bonds is 7. The van der Waals surface area contributed by atoms with Crippen molar-refractivity contribution in [1.29, 1.82) is 0 Å². The molecular weight excluding hydrogens is 481 g/mol. The lowest BCUT2D eigenvalue weighted by atomic mass is 10.2. The molecule has 0 saturated heterocycles. The predicted molar refractivity (Wildman–Crippen MR) is 119 cm³/mol. The Morgan fingerprint density at radius 1 is 1.06 bits per heavy atom. The van der Waals surface area contributed by atoms with E-state index in [1.807, 2.05) is 0 Å². The van der Waals surface area contributed by atoms with Crippen LogP contribution in [-0.2, 0) is 10.1 Å². The molecule has 1 N–H and O–H groups in total. The zero-order chi connectivity index (χ0) is 23.3. The summed E-state index contributed by atoms with van der Waals surface area (Å²) in [6, 6.07) is 14.7. The zero-order valence-corrected chi connectivity index (χ0v) is 18.3. The quantitative estimate of drug-likeness (QED) is 0.224. The third-order valence-corrected chi connectivity index (χ3v) is 5.80. The van der Waals surface area contributed by atoms with Crippen molar-refractivity contribution in [3.05, 3.63) is 98.0 Å². The number of carbonyl (C=O) groups excluding carboxylic acids is 1. The summed E-state index contributed by atoms with van der Waals surface area (Å²) in [7, 11) is -4.27. The average molecular weight is 494 g/mol. The van der Waals surface area contributed by atoms with Crippen molar-refractivity contribution in [2.24, 2.45) is 5.10 Å². The first-order valence-corrected chi connectivity index (χ1v) is 10.9. The first kappa shape index (κ1) is 23.2. The highest BCUT2D eigenvalue weighted by molar-refractivity contribution is 7.87. The number of amides is 1. The molecule has 0 radical (unpaired) electrons. The van der Waals surface area contributed by atoms with E-state index in [-0.39, 0.29) is 32.5 Å². The van der Waals surface area contributed by atoms with Gasteiger partial charge < -0.3 is 4.18 Å². The highest BCUT2D eigenvalue weighted by Crippen LogP contribution is 2.24. The number of para-hydroxylation sites is 1. The predicted octanol–water partition coefficient (Wildman–Crippen LogP) is 4.43. The number of carbonyl (C=O) groups is 1. The summed E-state index contributed by atoms with van der Waals surface area (Å²) < 4.78 is 30.2. The molecule has 0 aliphatic rings. The van der Waals surface area contributed by atoms with Crippen molar-refractivity contribution in [1.82, 2.24) is 5.43 Å². The van der Waals surface area contributed by atoms with Gasteiger partial charge in [0.1, 0.15) is 4.90 Å². The monoisotopic (exact) mass is 493 g/mol. The van der Waals surface area contributed by atoms with Crippen LogP contribution >= 0.6 is 23.2 Å². The van der Waals surface area contributed by atoms with Gasteiger partial charge in [-0.2, -0.15) is 13.5 Å². The minimum absolute atomic E-state index is 0.0617. The molecular formula is C20H13Cl2N3O6S. The zero-order valence-electron chi connectivity index (χ0n) is 15.9. The van der Waals surface area contributed by atoms with Crippen molar-refractivity contribution in [2.75, 3.05) is 0 Å². The largest absolute Gasteiger partial charge is 0.378 e. The van der Waals surface area contributed by atoms with E-state index in [1.54, 1.807) is 12.1 Å². The fourth-order valence-corrected chi connectivity index (χ4v) is 3.91. The summed E-state index contributed by atoms with van der Waals surface area (Å²) in [5, 5.41) is 15.1. The normalized spacial score (nSPS) is 11.3. The Labute approximate surface area is 192 Å². The molecule has 164 valence electrons. The molecule has 0 aliphatic heterocycles. The van der Waals surface area contributed by atoms with Gasteiger partial charge in [0, 0.05) is 22.7 Å². The van der Waals surface area contributed by atoms with Crippen LogP contribution in [0.4, 0.5) is 5.69 Å². The second-order valence-corrected chi connectivity index (χ2v) is 8.54. The number of hydrogen-bond acceptors (Lipinski definition) is 7. The molecule has 0 bridgehead atoms. The smallest absolute Gasteiger partial charge is 0.339 e. The number of nitrogens with zero attached hydrogens (tertiary/aromatic N) is 2. The number of benzene rings is 3. The number of nitro groups is 1. The Morgan fingerprint density at radius 2 is 1.75 bits per heavy atom. The summed E-state index contributed by atoms with van der Waals surface area (Å²) in [5.41, 5.74) is 2.43. The fraction of sp³-hybridized carbons (Fsp3) is 0. The molecule has 0 unspecified atom stereocenters. The minimum Gasteiger partial charge on any atom is -0.378 e. The van der Waals surface area contributed by atoms with Gasteiger partial charge in [-0.3, -0.25) is 14.9 Å². The third kappa shape index (κ3) is 5.61. The fourth-order valence-electron chi connectivity index (χ4n) is 2.46. The van der Waals surface area contributed by atoms with Gasteiger partial charge in [-0.15, -0.1) is 0 Å². The summed E-state index contributed by atoms with van der Waals surface area (Å²) >= 11 is 11.8. The van der Waals surface area contributed by atoms with Crippen molar-refractivity contribution < 1.29 is 22.3 Å². The number of non-ortho nitro benzene ring substituents is 1. The highest BCUT2D eigenvalue weighted by Gasteiger charge is 2.19. The number of halogens is 2. The van der Waals surface area contributed by atoms with Gasteiger partial charge in [0.2, 0.25) is 0 Å².